The minimum atomic E-state index is -0.996. The van der Waals surface area contributed by atoms with Crippen LogP contribution >= 0.6 is 0 Å². The van der Waals surface area contributed by atoms with E-state index in [1.165, 1.54) is 6.07 Å². The van der Waals surface area contributed by atoms with Crippen LogP contribution in [0.1, 0.15) is 73.4 Å². The SMILES string of the molecule is CC(C)c1n[nH]c(C2CN(C(=O)c3ccc(F)c(F)c3)CC23CCCC3)n1. The Morgan fingerprint density at radius 2 is 2.00 bits per heavy atom. The molecule has 1 aromatic carbocycles. The third kappa shape index (κ3) is 3.13. The van der Waals surface area contributed by atoms with E-state index < -0.39 is 11.6 Å². The number of H-pyrrole nitrogens is 1. The van der Waals surface area contributed by atoms with Crippen molar-refractivity contribution in [2.24, 2.45) is 5.41 Å². The summed E-state index contributed by atoms with van der Waals surface area (Å²) in [5.74, 6) is -0.258. The van der Waals surface area contributed by atoms with Crippen molar-refractivity contribution in [2.45, 2.75) is 51.4 Å². The molecule has 0 radical (unpaired) electrons. The van der Waals surface area contributed by atoms with Crippen molar-refractivity contribution in [3.8, 4) is 0 Å². The van der Waals surface area contributed by atoms with Crippen molar-refractivity contribution >= 4 is 5.91 Å². The Kier molecular flexibility index (Phi) is 4.48. The van der Waals surface area contributed by atoms with E-state index in [0.29, 0.717) is 13.1 Å². The van der Waals surface area contributed by atoms with Gasteiger partial charge in [-0.1, -0.05) is 26.7 Å². The molecule has 1 unspecified atom stereocenters. The first-order valence-electron chi connectivity index (χ1n) is 9.56. The summed E-state index contributed by atoms with van der Waals surface area (Å²) in [4.78, 5) is 19.4. The topological polar surface area (TPSA) is 61.9 Å². The Hall–Kier alpha value is -2.31. The van der Waals surface area contributed by atoms with E-state index in [1.807, 2.05) is 13.8 Å². The van der Waals surface area contributed by atoms with Gasteiger partial charge in [0.05, 0.1) is 0 Å². The van der Waals surface area contributed by atoms with Crippen molar-refractivity contribution in [3.05, 3.63) is 47.0 Å². The van der Waals surface area contributed by atoms with Crippen LogP contribution in [-0.4, -0.2) is 39.1 Å². The Labute approximate surface area is 157 Å². The number of halogens is 2. The molecule has 2 fully saturated rings. The third-order valence-corrected chi connectivity index (χ3v) is 6.07. The quantitative estimate of drug-likeness (QED) is 0.883. The predicted molar refractivity (Wildman–Crippen MR) is 96.4 cm³/mol. The summed E-state index contributed by atoms with van der Waals surface area (Å²) in [6.07, 6.45) is 4.34. The molecule has 27 heavy (non-hydrogen) atoms. The van der Waals surface area contributed by atoms with Crippen molar-refractivity contribution in [1.29, 1.82) is 0 Å². The van der Waals surface area contributed by atoms with Gasteiger partial charge in [-0.25, -0.2) is 13.8 Å². The zero-order valence-corrected chi connectivity index (χ0v) is 15.6. The van der Waals surface area contributed by atoms with E-state index in [2.05, 4.69) is 15.2 Å². The molecule has 1 saturated heterocycles. The van der Waals surface area contributed by atoms with Gasteiger partial charge in [-0.2, -0.15) is 5.10 Å². The highest BCUT2D eigenvalue weighted by atomic mass is 19.2. The first kappa shape index (κ1) is 18.1. The molecule has 4 rings (SSSR count). The molecule has 1 aliphatic heterocycles. The van der Waals surface area contributed by atoms with Gasteiger partial charge in [0.1, 0.15) is 5.82 Å². The van der Waals surface area contributed by atoms with E-state index >= 15 is 0 Å². The number of benzene rings is 1. The molecule has 0 bridgehead atoms. The maximum atomic E-state index is 13.6. The van der Waals surface area contributed by atoms with Crippen molar-refractivity contribution in [1.82, 2.24) is 20.1 Å². The number of aromatic amines is 1. The molecule has 144 valence electrons. The Balaban J connectivity index is 1.62. The Morgan fingerprint density at radius 3 is 2.63 bits per heavy atom. The van der Waals surface area contributed by atoms with E-state index in [9.17, 15) is 13.6 Å². The number of nitrogens with one attached hydrogen (secondary N) is 1. The zero-order valence-electron chi connectivity index (χ0n) is 15.6. The molecule has 2 heterocycles. The lowest BCUT2D eigenvalue weighted by atomic mass is 9.76. The number of nitrogens with zero attached hydrogens (tertiary/aromatic N) is 3. The summed E-state index contributed by atoms with van der Waals surface area (Å²) in [5.41, 5.74) is 0.172. The highest BCUT2D eigenvalue weighted by Gasteiger charge is 2.51. The molecule has 2 aromatic rings. The fourth-order valence-electron chi connectivity index (χ4n) is 4.60. The fourth-order valence-corrected chi connectivity index (χ4v) is 4.60. The van der Waals surface area contributed by atoms with Crippen LogP contribution in [0.3, 0.4) is 0 Å². The van der Waals surface area contributed by atoms with Crippen LogP contribution in [-0.2, 0) is 0 Å². The lowest BCUT2D eigenvalue weighted by Gasteiger charge is -2.28. The molecule has 1 amide bonds. The van der Waals surface area contributed by atoms with Crippen molar-refractivity contribution in [2.75, 3.05) is 13.1 Å². The Bertz CT molecular complexity index is 857. The highest BCUT2D eigenvalue weighted by Crippen LogP contribution is 2.53. The first-order valence-corrected chi connectivity index (χ1v) is 9.56. The molecule has 7 heteroatoms. The van der Waals surface area contributed by atoms with Gasteiger partial charge in [-0.15, -0.1) is 0 Å². The largest absolute Gasteiger partial charge is 0.337 e. The number of rotatable bonds is 3. The molecular weight excluding hydrogens is 350 g/mol. The summed E-state index contributed by atoms with van der Waals surface area (Å²) in [6, 6.07) is 3.34. The molecule has 2 aliphatic rings. The molecule has 1 spiro atoms. The van der Waals surface area contributed by atoms with Crippen LogP contribution in [0.4, 0.5) is 8.78 Å². The maximum absolute atomic E-state index is 13.6. The van der Waals surface area contributed by atoms with Crippen molar-refractivity contribution in [3.63, 3.8) is 0 Å². The average molecular weight is 374 g/mol. The van der Waals surface area contributed by atoms with Gasteiger partial charge in [-0.05, 0) is 36.5 Å². The average Bonchev–Trinajstić information content (AvgIpc) is 3.37. The number of carbonyl (C=O) groups excluding carboxylic acids is 1. The zero-order chi connectivity index (χ0) is 19.2. The van der Waals surface area contributed by atoms with Gasteiger partial charge in [0.2, 0.25) is 0 Å². The minimum Gasteiger partial charge on any atom is -0.337 e. The molecule has 1 aromatic heterocycles. The van der Waals surface area contributed by atoms with Crippen LogP contribution in [0.2, 0.25) is 0 Å². The summed E-state index contributed by atoms with van der Waals surface area (Å²) >= 11 is 0. The molecule has 1 saturated carbocycles. The number of carbonyl (C=O) groups is 1. The molecular formula is C20H24F2N4O. The van der Waals surface area contributed by atoms with E-state index in [0.717, 1.165) is 49.5 Å². The van der Waals surface area contributed by atoms with Crippen LogP contribution < -0.4 is 0 Å². The minimum absolute atomic E-state index is 0.0119. The van der Waals surface area contributed by atoms with E-state index in [1.54, 1.807) is 4.90 Å². The predicted octanol–water partition coefficient (Wildman–Crippen LogP) is 4.01. The second-order valence-electron chi connectivity index (χ2n) is 8.17. The van der Waals surface area contributed by atoms with Crippen molar-refractivity contribution < 1.29 is 13.6 Å². The maximum Gasteiger partial charge on any atom is 0.254 e. The van der Waals surface area contributed by atoms with E-state index in [-0.39, 0.29) is 28.7 Å². The summed E-state index contributed by atoms with van der Waals surface area (Å²) in [6.45, 7) is 5.23. The normalized spacial score (nSPS) is 21.5. The van der Waals surface area contributed by atoms with E-state index in [4.69, 9.17) is 0 Å². The van der Waals surface area contributed by atoms with Gasteiger partial charge in [0.25, 0.3) is 5.91 Å². The number of likely N-dealkylation sites (tertiary alicyclic amines) is 1. The third-order valence-electron chi connectivity index (χ3n) is 6.07. The molecule has 1 aliphatic carbocycles. The number of hydrogen-bond donors (Lipinski definition) is 1. The lowest BCUT2D eigenvalue weighted by Crippen LogP contribution is -2.31. The molecule has 5 nitrogen and oxygen atoms in total. The van der Waals surface area contributed by atoms with Gasteiger partial charge in [0.15, 0.2) is 17.5 Å². The van der Waals surface area contributed by atoms with Gasteiger partial charge in [0, 0.05) is 30.5 Å². The lowest BCUT2D eigenvalue weighted by molar-refractivity contribution is 0.0772. The van der Waals surface area contributed by atoms with Gasteiger partial charge >= 0.3 is 0 Å². The van der Waals surface area contributed by atoms with Crippen LogP contribution in [0.5, 0.6) is 0 Å². The molecule has 1 atom stereocenters. The van der Waals surface area contributed by atoms with Crippen LogP contribution in [0, 0.1) is 17.0 Å². The number of hydrogen-bond acceptors (Lipinski definition) is 3. The molecule has 1 N–H and O–H groups in total. The monoisotopic (exact) mass is 374 g/mol. The summed E-state index contributed by atoms with van der Waals surface area (Å²) in [7, 11) is 0. The van der Waals surface area contributed by atoms with Crippen LogP contribution in [0.15, 0.2) is 18.2 Å². The second-order valence-corrected chi connectivity index (χ2v) is 8.17. The Morgan fingerprint density at radius 1 is 1.26 bits per heavy atom. The standard InChI is InChI=1S/C20H24F2N4O/c1-12(2)17-23-18(25-24-17)14-10-26(11-20(14)7-3-4-8-20)19(27)13-5-6-15(21)16(22)9-13/h5-6,9,12,14H,3-4,7-8,10-11H2,1-2H3,(H,23,24,25). The number of amides is 1. The van der Waals surface area contributed by atoms with Gasteiger partial charge < -0.3 is 4.90 Å². The second kappa shape index (κ2) is 6.69. The van der Waals surface area contributed by atoms with Gasteiger partial charge in [-0.3, -0.25) is 9.89 Å². The highest BCUT2D eigenvalue weighted by molar-refractivity contribution is 5.94. The number of aromatic nitrogens is 3. The fraction of sp³-hybridized carbons (Fsp3) is 0.550. The van der Waals surface area contributed by atoms with Crippen LogP contribution in [0.25, 0.3) is 0 Å². The summed E-state index contributed by atoms with van der Waals surface area (Å²) in [5, 5.41) is 7.42. The smallest absolute Gasteiger partial charge is 0.254 e. The first-order chi connectivity index (χ1) is 12.9. The summed E-state index contributed by atoms with van der Waals surface area (Å²) < 4.78 is 26.8.